The molecule has 1 fully saturated rings. The molecule has 2 heterocycles. The predicted octanol–water partition coefficient (Wildman–Crippen LogP) is 3.34. The lowest BCUT2D eigenvalue weighted by Crippen LogP contribution is -2.36. The van der Waals surface area contributed by atoms with E-state index in [-0.39, 0.29) is 18.0 Å². The molecule has 9 heteroatoms. The molecule has 0 unspecified atom stereocenters. The molecular weight excluding hydrogens is 427 g/mol. The lowest BCUT2D eigenvalue weighted by molar-refractivity contribution is -0.116. The fourth-order valence-electron chi connectivity index (χ4n) is 3.68. The molecule has 1 aliphatic rings. The summed E-state index contributed by atoms with van der Waals surface area (Å²) in [6.45, 7) is 4.54. The van der Waals surface area contributed by atoms with Crippen LogP contribution in [-0.2, 0) is 9.53 Å². The van der Waals surface area contributed by atoms with Crippen LogP contribution in [0.4, 0.5) is 15.8 Å². The van der Waals surface area contributed by atoms with Crippen molar-refractivity contribution in [2.75, 3.05) is 50.1 Å². The number of anilines is 2. The lowest BCUT2D eigenvalue weighted by atomic mass is 10.1. The Bertz CT molecular complexity index is 1120. The normalized spacial score (nSPS) is 13.6. The molecule has 3 aromatic rings. The molecule has 1 N–H and O–H groups in total. The second-order valence-corrected chi connectivity index (χ2v) is 7.82. The number of likely N-dealkylation sites (N-methyl/N-ethyl adjacent to an activating group) is 1. The van der Waals surface area contributed by atoms with E-state index in [1.54, 1.807) is 6.92 Å². The number of nitrogens with zero attached hydrogens (tertiary/aromatic N) is 3. The number of amides is 2. The highest BCUT2D eigenvalue weighted by molar-refractivity contribution is 6.03. The van der Waals surface area contributed by atoms with Crippen LogP contribution < -0.4 is 10.2 Å². The summed E-state index contributed by atoms with van der Waals surface area (Å²) in [6.07, 6.45) is 0. The molecular formula is C24H25FN4O4. The number of hydrogen-bond acceptors (Lipinski definition) is 6. The summed E-state index contributed by atoms with van der Waals surface area (Å²) in [6, 6.07) is 13.2. The molecule has 8 nitrogen and oxygen atoms in total. The van der Waals surface area contributed by atoms with Crippen LogP contribution in [-0.4, -0.2) is 61.8 Å². The zero-order valence-corrected chi connectivity index (χ0v) is 18.5. The van der Waals surface area contributed by atoms with E-state index in [1.807, 2.05) is 24.3 Å². The van der Waals surface area contributed by atoms with Gasteiger partial charge in [0, 0.05) is 37.1 Å². The average molecular weight is 452 g/mol. The third-order valence-electron chi connectivity index (χ3n) is 5.45. The minimum atomic E-state index is -0.411. The number of aromatic nitrogens is 1. The van der Waals surface area contributed by atoms with Gasteiger partial charge in [0.15, 0.2) is 0 Å². The lowest BCUT2D eigenvalue weighted by Gasteiger charge is -2.28. The molecule has 0 bridgehead atoms. The van der Waals surface area contributed by atoms with Gasteiger partial charge in [-0.15, -0.1) is 0 Å². The Kier molecular flexibility index (Phi) is 6.69. The Labute approximate surface area is 190 Å². The van der Waals surface area contributed by atoms with E-state index >= 15 is 0 Å². The molecule has 1 aliphatic heterocycles. The third kappa shape index (κ3) is 5.20. The summed E-state index contributed by atoms with van der Waals surface area (Å²) in [5, 5.41) is 6.77. The number of carbonyl (C=O) groups is 2. The van der Waals surface area contributed by atoms with Gasteiger partial charge in [0.2, 0.25) is 5.91 Å². The van der Waals surface area contributed by atoms with Crippen molar-refractivity contribution in [3.8, 4) is 11.3 Å². The van der Waals surface area contributed by atoms with Crippen molar-refractivity contribution >= 4 is 23.2 Å². The molecule has 0 atom stereocenters. The van der Waals surface area contributed by atoms with E-state index < -0.39 is 11.7 Å². The number of carbonyl (C=O) groups excluding carboxylic acids is 2. The van der Waals surface area contributed by atoms with Crippen molar-refractivity contribution < 1.29 is 23.2 Å². The summed E-state index contributed by atoms with van der Waals surface area (Å²) in [5.41, 5.74) is 2.82. The smallest absolute Gasteiger partial charge is 0.259 e. The summed E-state index contributed by atoms with van der Waals surface area (Å²) in [5.74, 6) is -0.808. The molecule has 2 amide bonds. The highest BCUT2D eigenvalue weighted by Crippen LogP contribution is 2.26. The minimum absolute atomic E-state index is 0.155. The van der Waals surface area contributed by atoms with Crippen molar-refractivity contribution in [1.82, 2.24) is 10.1 Å². The van der Waals surface area contributed by atoms with Gasteiger partial charge in [-0.1, -0.05) is 5.16 Å². The Morgan fingerprint density at radius 3 is 2.42 bits per heavy atom. The Morgan fingerprint density at radius 2 is 1.76 bits per heavy atom. The van der Waals surface area contributed by atoms with Gasteiger partial charge in [-0.2, -0.15) is 0 Å². The van der Waals surface area contributed by atoms with Gasteiger partial charge in [-0.05, 0) is 55.5 Å². The molecule has 0 saturated carbocycles. The third-order valence-corrected chi connectivity index (χ3v) is 5.45. The Morgan fingerprint density at radius 1 is 1.09 bits per heavy atom. The number of halogens is 1. The molecule has 2 aromatic carbocycles. The minimum Gasteiger partial charge on any atom is -0.378 e. The standard InChI is InChI=1S/C24H25FN4O4/c1-16-22(23(27-33-16)17-3-5-18(25)6-4-17)24(31)28(2)15-21(30)26-19-7-9-20(10-8-19)29-11-13-32-14-12-29/h3-10H,11-15H2,1-2H3,(H,26,30). The topological polar surface area (TPSA) is 87.9 Å². The van der Waals surface area contributed by atoms with Crippen molar-refractivity contribution in [2.45, 2.75) is 6.92 Å². The predicted molar refractivity (Wildman–Crippen MR) is 122 cm³/mol. The van der Waals surface area contributed by atoms with Crippen molar-refractivity contribution in [3.05, 3.63) is 65.7 Å². The zero-order valence-electron chi connectivity index (χ0n) is 18.5. The highest BCUT2D eigenvalue weighted by Gasteiger charge is 2.25. The van der Waals surface area contributed by atoms with Gasteiger partial charge in [-0.25, -0.2) is 4.39 Å². The van der Waals surface area contributed by atoms with Crippen LogP contribution in [0.5, 0.6) is 0 Å². The first-order valence-electron chi connectivity index (χ1n) is 10.6. The number of hydrogen-bond donors (Lipinski definition) is 1. The summed E-state index contributed by atoms with van der Waals surface area (Å²) < 4.78 is 23.8. The van der Waals surface area contributed by atoms with Crippen LogP contribution >= 0.6 is 0 Å². The van der Waals surface area contributed by atoms with Crippen molar-refractivity contribution in [1.29, 1.82) is 0 Å². The Balaban J connectivity index is 1.39. The maximum absolute atomic E-state index is 13.3. The summed E-state index contributed by atoms with van der Waals surface area (Å²) in [4.78, 5) is 29.1. The first-order chi connectivity index (χ1) is 15.9. The fraction of sp³-hybridized carbons (Fsp3) is 0.292. The van der Waals surface area contributed by atoms with Crippen molar-refractivity contribution in [2.24, 2.45) is 0 Å². The van der Waals surface area contributed by atoms with Gasteiger partial charge in [-0.3, -0.25) is 9.59 Å². The molecule has 1 saturated heterocycles. The number of aryl methyl sites for hydroxylation is 1. The quantitative estimate of drug-likeness (QED) is 0.617. The number of nitrogens with one attached hydrogen (secondary N) is 1. The second kappa shape index (κ2) is 9.83. The fourth-order valence-corrected chi connectivity index (χ4v) is 3.68. The number of rotatable bonds is 6. The van der Waals surface area contributed by atoms with Crippen LogP contribution in [0.25, 0.3) is 11.3 Å². The van der Waals surface area contributed by atoms with E-state index in [4.69, 9.17) is 9.26 Å². The molecule has 33 heavy (non-hydrogen) atoms. The monoisotopic (exact) mass is 452 g/mol. The molecule has 4 rings (SSSR count). The maximum atomic E-state index is 13.3. The van der Waals surface area contributed by atoms with Gasteiger partial charge >= 0.3 is 0 Å². The number of ether oxygens (including phenoxy) is 1. The number of morpholine rings is 1. The van der Waals surface area contributed by atoms with E-state index in [2.05, 4.69) is 15.4 Å². The zero-order chi connectivity index (χ0) is 23.4. The first-order valence-corrected chi connectivity index (χ1v) is 10.6. The summed E-state index contributed by atoms with van der Waals surface area (Å²) >= 11 is 0. The molecule has 1 aromatic heterocycles. The SMILES string of the molecule is Cc1onc(-c2ccc(F)cc2)c1C(=O)N(C)CC(=O)Nc1ccc(N2CCOCC2)cc1. The van der Waals surface area contributed by atoms with Gasteiger partial charge in [0.1, 0.15) is 22.8 Å². The van der Waals surface area contributed by atoms with E-state index in [0.29, 0.717) is 35.9 Å². The van der Waals surface area contributed by atoms with Gasteiger partial charge < -0.3 is 24.4 Å². The van der Waals surface area contributed by atoms with Gasteiger partial charge in [0.25, 0.3) is 5.91 Å². The second-order valence-electron chi connectivity index (χ2n) is 7.82. The van der Waals surface area contributed by atoms with Crippen LogP contribution in [0.15, 0.2) is 53.1 Å². The first kappa shape index (κ1) is 22.5. The molecule has 0 aliphatic carbocycles. The average Bonchev–Trinajstić information content (AvgIpc) is 3.21. The van der Waals surface area contributed by atoms with Crippen LogP contribution in [0, 0.1) is 12.7 Å². The molecule has 0 radical (unpaired) electrons. The summed E-state index contributed by atoms with van der Waals surface area (Å²) in [7, 11) is 1.53. The highest BCUT2D eigenvalue weighted by atomic mass is 19.1. The van der Waals surface area contributed by atoms with Crippen molar-refractivity contribution in [3.63, 3.8) is 0 Å². The van der Waals surface area contributed by atoms with E-state index in [0.717, 1.165) is 18.8 Å². The van der Waals surface area contributed by atoms with E-state index in [1.165, 1.54) is 36.2 Å². The van der Waals surface area contributed by atoms with Crippen LogP contribution in [0.1, 0.15) is 16.1 Å². The Hall–Kier alpha value is -3.72. The molecule has 172 valence electrons. The largest absolute Gasteiger partial charge is 0.378 e. The number of benzene rings is 2. The van der Waals surface area contributed by atoms with E-state index in [9.17, 15) is 14.0 Å². The van der Waals surface area contributed by atoms with Crippen LogP contribution in [0.2, 0.25) is 0 Å². The molecule has 0 spiro atoms. The maximum Gasteiger partial charge on any atom is 0.259 e. The van der Waals surface area contributed by atoms with Crippen LogP contribution in [0.3, 0.4) is 0 Å². The van der Waals surface area contributed by atoms with Gasteiger partial charge in [0.05, 0.1) is 19.8 Å².